The van der Waals surface area contributed by atoms with Crippen molar-refractivity contribution >= 4 is 17.4 Å². The smallest absolute Gasteiger partial charge is 0.357 e. The van der Waals surface area contributed by atoms with Gasteiger partial charge in [0.15, 0.2) is 5.71 Å². The maximum Gasteiger partial charge on any atom is 0.357 e. The van der Waals surface area contributed by atoms with Crippen molar-refractivity contribution in [3.63, 3.8) is 0 Å². The van der Waals surface area contributed by atoms with Gasteiger partial charge < -0.3 is 4.74 Å². The van der Waals surface area contributed by atoms with E-state index < -0.39 is 5.97 Å². The van der Waals surface area contributed by atoms with Crippen molar-refractivity contribution in [3.05, 3.63) is 66.2 Å². The Morgan fingerprint density at radius 2 is 1.58 bits per heavy atom. The Bertz CT molecular complexity index is 562. The molecule has 0 aromatic heterocycles. The second-order valence-corrected chi connectivity index (χ2v) is 3.88. The number of ether oxygens (including phenoxy) is 1. The molecule has 0 fully saturated rings. The molecule has 0 amide bonds. The van der Waals surface area contributed by atoms with Crippen molar-refractivity contribution in [1.82, 2.24) is 0 Å². The van der Waals surface area contributed by atoms with Crippen LogP contribution in [0.3, 0.4) is 0 Å². The third kappa shape index (κ3) is 3.52. The van der Waals surface area contributed by atoms with E-state index in [4.69, 9.17) is 4.74 Å². The lowest BCUT2D eigenvalue weighted by molar-refractivity contribution is -0.134. The number of aliphatic imine (C=N–C) groups is 1. The van der Waals surface area contributed by atoms with Crippen LogP contribution in [0.2, 0.25) is 0 Å². The van der Waals surface area contributed by atoms with Crippen LogP contribution in [0.5, 0.6) is 0 Å². The van der Waals surface area contributed by atoms with Gasteiger partial charge in [-0.2, -0.15) is 0 Å². The molecule has 0 unspecified atom stereocenters. The highest BCUT2D eigenvalue weighted by molar-refractivity contribution is 6.43. The molecular weight excluding hydrogens is 238 g/mol. The van der Waals surface area contributed by atoms with E-state index in [-0.39, 0.29) is 0 Å². The molecule has 3 nitrogen and oxygen atoms in total. The molecule has 0 atom stereocenters. The second kappa shape index (κ2) is 6.50. The summed E-state index contributed by atoms with van der Waals surface area (Å²) in [5.41, 5.74) is 1.81. The summed E-state index contributed by atoms with van der Waals surface area (Å²) >= 11 is 0. The SMILES string of the molecule is CCOC(=O)C(=Nc1ccccc1)c1ccccc1. The first-order valence-corrected chi connectivity index (χ1v) is 6.17. The van der Waals surface area contributed by atoms with Crippen molar-refractivity contribution in [2.45, 2.75) is 6.92 Å². The highest BCUT2D eigenvalue weighted by atomic mass is 16.5. The molecule has 0 spiro atoms. The van der Waals surface area contributed by atoms with Crippen LogP contribution < -0.4 is 0 Å². The van der Waals surface area contributed by atoms with Gasteiger partial charge in [0.25, 0.3) is 0 Å². The maximum absolute atomic E-state index is 12.0. The molecule has 0 radical (unpaired) electrons. The fraction of sp³-hybridized carbons (Fsp3) is 0.125. The van der Waals surface area contributed by atoms with Gasteiger partial charge in [-0.15, -0.1) is 0 Å². The van der Waals surface area contributed by atoms with Crippen molar-refractivity contribution < 1.29 is 9.53 Å². The molecule has 0 heterocycles. The molecule has 3 heteroatoms. The number of hydrogen-bond donors (Lipinski definition) is 0. The molecule has 0 N–H and O–H groups in total. The highest BCUT2D eigenvalue weighted by Crippen LogP contribution is 2.14. The average molecular weight is 253 g/mol. The predicted molar refractivity (Wildman–Crippen MR) is 75.7 cm³/mol. The fourth-order valence-electron chi connectivity index (χ4n) is 1.66. The van der Waals surface area contributed by atoms with Crippen LogP contribution in [0.15, 0.2) is 65.7 Å². The quantitative estimate of drug-likeness (QED) is 0.619. The molecule has 2 aromatic carbocycles. The average Bonchev–Trinajstić information content (AvgIpc) is 2.47. The summed E-state index contributed by atoms with van der Waals surface area (Å²) in [6, 6.07) is 18.7. The first kappa shape index (κ1) is 13.0. The van der Waals surface area contributed by atoms with Crippen molar-refractivity contribution in [1.29, 1.82) is 0 Å². The Kier molecular flexibility index (Phi) is 4.45. The van der Waals surface area contributed by atoms with Gasteiger partial charge in [0.05, 0.1) is 12.3 Å². The molecule has 0 aliphatic heterocycles. The monoisotopic (exact) mass is 253 g/mol. The number of carbonyl (C=O) groups excluding carboxylic acids is 1. The summed E-state index contributed by atoms with van der Waals surface area (Å²) in [6.45, 7) is 2.11. The summed E-state index contributed by atoms with van der Waals surface area (Å²) in [4.78, 5) is 16.4. The Balaban J connectivity index is 2.41. The highest BCUT2D eigenvalue weighted by Gasteiger charge is 2.14. The van der Waals surface area contributed by atoms with E-state index in [2.05, 4.69) is 4.99 Å². The minimum absolute atomic E-state index is 0.327. The van der Waals surface area contributed by atoms with Crippen LogP contribution in [0.1, 0.15) is 12.5 Å². The van der Waals surface area contributed by atoms with Crippen molar-refractivity contribution in [2.75, 3.05) is 6.61 Å². The van der Waals surface area contributed by atoms with Crippen LogP contribution in [0.4, 0.5) is 5.69 Å². The fourth-order valence-corrected chi connectivity index (χ4v) is 1.66. The van der Waals surface area contributed by atoms with Crippen LogP contribution >= 0.6 is 0 Å². The first-order valence-electron chi connectivity index (χ1n) is 6.17. The molecule has 0 aliphatic carbocycles. The van der Waals surface area contributed by atoms with Gasteiger partial charge in [0.2, 0.25) is 0 Å². The van der Waals surface area contributed by atoms with Gasteiger partial charge in [-0.05, 0) is 19.1 Å². The van der Waals surface area contributed by atoms with Crippen LogP contribution in [0.25, 0.3) is 0 Å². The number of carbonyl (C=O) groups is 1. The van der Waals surface area contributed by atoms with Gasteiger partial charge in [-0.1, -0.05) is 48.5 Å². The summed E-state index contributed by atoms with van der Waals surface area (Å²) in [5, 5.41) is 0. The van der Waals surface area contributed by atoms with E-state index in [1.807, 2.05) is 60.7 Å². The Morgan fingerprint density at radius 1 is 1.00 bits per heavy atom. The summed E-state index contributed by atoms with van der Waals surface area (Å²) in [7, 11) is 0. The molecule has 19 heavy (non-hydrogen) atoms. The minimum Gasteiger partial charge on any atom is -0.461 e. The van der Waals surface area contributed by atoms with Gasteiger partial charge in [-0.3, -0.25) is 0 Å². The summed E-state index contributed by atoms with van der Waals surface area (Å²) < 4.78 is 5.06. The number of para-hydroxylation sites is 1. The third-order valence-electron chi connectivity index (χ3n) is 2.51. The van der Waals surface area contributed by atoms with Crippen molar-refractivity contribution in [2.24, 2.45) is 4.99 Å². The molecule has 0 aliphatic rings. The number of hydrogen-bond acceptors (Lipinski definition) is 3. The van der Waals surface area contributed by atoms with Crippen LogP contribution in [0, 0.1) is 0 Å². The molecule has 96 valence electrons. The number of nitrogens with zero attached hydrogens (tertiary/aromatic N) is 1. The standard InChI is InChI=1S/C16H15NO2/c1-2-19-16(18)15(13-9-5-3-6-10-13)17-14-11-7-4-8-12-14/h3-12H,2H2,1H3. The number of benzene rings is 2. The number of esters is 1. The van der Waals surface area contributed by atoms with Crippen LogP contribution in [-0.4, -0.2) is 18.3 Å². The lowest BCUT2D eigenvalue weighted by Crippen LogP contribution is -2.18. The Hall–Kier alpha value is -2.42. The zero-order valence-corrected chi connectivity index (χ0v) is 10.7. The second-order valence-electron chi connectivity index (χ2n) is 3.88. The van der Waals surface area contributed by atoms with Gasteiger partial charge in [0.1, 0.15) is 0 Å². The Labute approximate surface area is 112 Å². The van der Waals surface area contributed by atoms with E-state index in [1.165, 1.54) is 0 Å². The maximum atomic E-state index is 12.0. The lowest BCUT2D eigenvalue weighted by atomic mass is 10.1. The van der Waals surface area contributed by atoms with E-state index >= 15 is 0 Å². The molecule has 0 saturated carbocycles. The summed E-state index contributed by atoms with van der Waals surface area (Å²) in [5.74, 6) is -0.405. The first-order chi connectivity index (χ1) is 9.31. The molecule has 0 bridgehead atoms. The Morgan fingerprint density at radius 3 is 2.16 bits per heavy atom. The molecular formula is C16H15NO2. The van der Waals surface area contributed by atoms with Gasteiger partial charge in [-0.25, -0.2) is 9.79 Å². The van der Waals surface area contributed by atoms with E-state index in [0.29, 0.717) is 12.3 Å². The minimum atomic E-state index is -0.405. The predicted octanol–water partition coefficient (Wildman–Crippen LogP) is 3.37. The van der Waals surface area contributed by atoms with Gasteiger partial charge in [0, 0.05) is 5.56 Å². The van der Waals surface area contributed by atoms with E-state index in [1.54, 1.807) is 6.92 Å². The molecule has 0 saturated heterocycles. The zero-order valence-electron chi connectivity index (χ0n) is 10.7. The van der Waals surface area contributed by atoms with E-state index in [0.717, 1.165) is 11.3 Å². The van der Waals surface area contributed by atoms with Gasteiger partial charge >= 0.3 is 5.97 Å². The van der Waals surface area contributed by atoms with E-state index in [9.17, 15) is 4.79 Å². The summed E-state index contributed by atoms with van der Waals surface area (Å²) in [6.07, 6.45) is 0. The van der Waals surface area contributed by atoms with Crippen LogP contribution in [-0.2, 0) is 9.53 Å². The zero-order chi connectivity index (χ0) is 13.5. The molecule has 2 rings (SSSR count). The normalized spacial score (nSPS) is 11.1. The topological polar surface area (TPSA) is 38.7 Å². The lowest BCUT2D eigenvalue weighted by Gasteiger charge is -2.06. The third-order valence-corrected chi connectivity index (χ3v) is 2.51. The largest absolute Gasteiger partial charge is 0.461 e. The van der Waals surface area contributed by atoms with Crippen molar-refractivity contribution in [3.8, 4) is 0 Å². The number of rotatable bonds is 4. The molecule has 2 aromatic rings.